The molecule has 0 spiro atoms. The van der Waals surface area contributed by atoms with Crippen LogP contribution in [0.25, 0.3) is 0 Å². The van der Waals surface area contributed by atoms with Gasteiger partial charge in [0.2, 0.25) is 0 Å². The first-order valence-corrected chi connectivity index (χ1v) is 10.5. The predicted molar refractivity (Wildman–Crippen MR) is 76.2 cm³/mol. The van der Waals surface area contributed by atoms with Crippen molar-refractivity contribution >= 4 is 18.5 Å². The van der Waals surface area contributed by atoms with E-state index >= 15 is 0 Å². The molecule has 0 N–H and O–H groups in total. The van der Waals surface area contributed by atoms with E-state index in [2.05, 4.69) is 27.7 Å². The maximum Gasteiger partial charge on any atom is 0.169 e. The molecule has 17 heavy (non-hydrogen) atoms. The summed E-state index contributed by atoms with van der Waals surface area (Å²) in [6.07, 6.45) is 3.07. The molecular weight excluding hydrogens is 252 g/mol. The van der Waals surface area contributed by atoms with Crippen molar-refractivity contribution in [3.05, 3.63) is 0 Å². The summed E-state index contributed by atoms with van der Waals surface area (Å²) in [6, 6.07) is 2.25. The summed E-state index contributed by atoms with van der Waals surface area (Å²) in [6.45, 7) is 10.5. The Hall–Kier alpha value is 0.427. The van der Waals surface area contributed by atoms with E-state index in [1.807, 2.05) is 0 Å². The Balaban J connectivity index is 2.85. The average molecular weight is 279 g/mol. The van der Waals surface area contributed by atoms with Crippen molar-refractivity contribution in [1.29, 1.82) is 0 Å². The van der Waals surface area contributed by atoms with Gasteiger partial charge in [0.05, 0.1) is 13.2 Å². The van der Waals surface area contributed by atoms with E-state index < -0.39 is 13.2 Å². The summed E-state index contributed by atoms with van der Waals surface area (Å²) in [5.41, 5.74) is 0.354. The maximum atomic E-state index is 6.95. The van der Waals surface area contributed by atoms with Crippen LogP contribution in [0.2, 0.25) is 17.6 Å². The van der Waals surface area contributed by atoms with Crippen LogP contribution in [0.5, 0.6) is 0 Å². The first-order valence-electron chi connectivity index (χ1n) is 7.01. The van der Waals surface area contributed by atoms with Gasteiger partial charge in [-0.25, -0.2) is 0 Å². The van der Waals surface area contributed by atoms with E-state index in [4.69, 9.17) is 20.6 Å². The van der Waals surface area contributed by atoms with Gasteiger partial charge in [-0.2, -0.15) is 11.1 Å². The largest absolute Gasteiger partial charge is 0.350 e. The zero-order chi connectivity index (χ0) is 12.9. The molecule has 2 unspecified atom stereocenters. The second-order valence-corrected chi connectivity index (χ2v) is 11.5. The van der Waals surface area contributed by atoms with Gasteiger partial charge in [-0.3, -0.25) is 0 Å². The zero-order valence-electron chi connectivity index (χ0n) is 11.7. The first kappa shape index (κ1) is 15.5. The summed E-state index contributed by atoms with van der Waals surface area (Å²) in [4.78, 5) is 0. The smallest absolute Gasteiger partial charge is 0.169 e. The number of ether oxygens (including phenoxy) is 2. The van der Waals surface area contributed by atoms with Gasteiger partial charge in [-0.15, -0.1) is 0 Å². The highest BCUT2D eigenvalue weighted by Gasteiger charge is 2.49. The van der Waals surface area contributed by atoms with Gasteiger partial charge in [-0.1, -0.05) is 34.1 Å². The molecule has 1 saturated heterocycles. The zero-order valence-corrected chi connectivity index (χ0v) is 13.5. The predicted octanol–water partition coefficient (Wildman–Crippen LogP) is 4.53. The number of hydrogen-bond donors (Lipinski definition) is 0. The fourth-order valence-electron chi connectivity index (χ4n) is 2.86. The molecule has 0 aromatic rings. The van der Waals surface area contributed by atoms with Crippen LogP contribution < -0.4 is 0 Å². The molecule has 0 radical (unpaired) electrons. The lowest BCUT2D eigenvalue weighted by Gasteiger charge is -2.46. The summed E-state index contributed by atoms with van der Waals surface area (Å²) < 4.78 is 12.0. The molecule has 0 aromatic carbocycles. The number of hydrogen-bond acceptors (Lipinski definition) is 2. The molecular formula is C13H27ClO2Si. The van der Waals surface area contributed by atoms with Gasteiger partial charge in [0.1, 0.15) is 0 Å². The monoisotopic (exact) mass is 278 g/mol. The highest BCUT2D eigenvalue weighted by Crippen LogP contribution is 2.46. The minimum atomic E-state index is -1.79. The average Bonchev–Trinajstić information content (AvgIpc) is 2.38. The van der Waals surface area contributed by atoms with Crippen LogP contribution in [0, 0.1) is 0 Å². The van der Waals surface area contributed by atoms with Crippen molar-refractivity contribution in [2.24, 2.45) is 0 Å². The minimum absolute atomic E-state index is 0.354. The molecule has 1 aliphatic heterocycles. The first-order chi connectivity index (χ1) is 8.04. The van der Waals surface area contributed by atoms with Crippen molar-refractivity contribution < 1.29 is 9.47 Å². The van der Waals surface area contributed by atoms with Crippen LogP contribution in [-0.2, 0) is 9.47 Å². The van der Waals surface area contributed by atoms with E-state index in [0.717, 1.165) is 44.6 Å². The molecule has 102 valence electrons. The van der Waals surface area contributed by atoms with Crippen molar-refractivity contribution in [1.82, 2.24) is 0 Å². The lowest BCUT2D eigenvalue weighted by Crippen LogP contribution is -2.51. The molecule has 1 heterocycles. The summed E-state index contributed by atoms with van der Waals surface area (Å²) in [7, 11) is -1.79. The van der Waals surface area contributed by atoms with Gasteiger partial charge in [0.15, 0.2) is 13.2 Å². The fourth-order valence-corrected chi connectivity index (χ4v) is 7.31. The van der Waals surface area contributed by atoms with Crippen molar-refractivity contribution in [2.75, 3.05) is 13.2 Å². The molecule has 4 heteroatoms. The summed E-state index contributed by atoms with van der Waals surface area (Å²) in [5, 5.41) is 0. The second kappa shape index (κ2) is 6.55. The van der Waals surface area contributed by atoms with E-state index in [-0.39, 0.29) is 0 Å². The van der Waals surface area contributed by atoms with Crippen LogP contribution >= 0.6 is 11.1 Å². The SMILES string of the molecule is CCC[Si](Cl)(CC)C(C)C1(CC)OCCCO1. The molecule has 2 atom stereocenters. The highest BCUT2D eigenvalue weighted by atomic mass is 35.6. The van der Waals surface area contributed by atoms with E-state index in [9.17, 15) is 0 Å². The van der Waals surface area contributed by atoms with E-state index in [1.165, 1.54) is 0 Å². The van der Waals surface area contributed by atoms with Crippen molar-refractivity contribution in [3.63, 3.8) is 0 Å². The van der Waals surface area contributed by atoms with Gasteiger partial charge in [-0.05, 0) is 24.9 Å². The molecule has 1 fully saturated rings. The fraction of sp³-hybridized carbons (Fsp3) is 1.00. The Morgan fingerprint density at radius 3 is 2.24 bits per heavy atom. The Morgan fingerprint density at radius 2 is 1.82 bits per heavy atom. The lowest BCUT2D eigenvalue weighted by molar-refractivity contribution is -0.269. The van der Waals surface area contributed by atoms with Gasteiger partial charge >= 0.3 is 0 Å². The van der Waals surface area contributed by atoms with E-state index in [0.29, 0.717) is 5.54 Å². The third-order valence-corrected chi connectivity index (χ3v) is 11.0. The molecule has 0 bridgehead atoms. The third-order valence-electron chi connectivity index (χ3n) is 4.16. The Labute approximate surface area is 112 Å². The maximum absolute atomic E-state index is 6.95. The molecule has 1 rings (SSSR count). The highest BCUT2D eigenvalue weighted by molar-refractivity contribution is 7.21. The van der Waals surface area contributed by atoms with Crippen LogP contribution in [-0.4, -0.2) is 26.4 Å². The third kappa shape index (κ3) is 3.25. The topological polar surface area (TPSA) is 18.5 Å². The van der Waals surface area contributed by atoms with Crippen LogP contribution in [0.15, 0.2) is 0 Å². The van der Waals surface area contributed by atoms with Gasteiger partial charge in [0, 0.05) is 5.54 Å². The molecule has 0 aromatic heterocycles. The molecule has 1 aliphatic rings. The molecule has 0 amide bonds. The molecule has 2 nitrogen and oxygen atoms in total. The van der Waals surface area contributed by atoms with Crippen LogP contribution in [0.3, 0.4) is 0 Å². The van der Waals surface area contributed by atoms with Gasteiger partial charge < -0.3 is 9.47 Å². The number of rotatable bonds is 6. The number of halogens is 1. The Bertz CT molecular complexity index is 231. The standard InChI is InChI=1S/C13H27ClO2Si/c1-5-11-17(14,7-3)12(4)13(6-2)15-9-8-10-16-13/h12H,5-11H2,1-4H3. The second-order valence-electron chi connectivity index (χ2n) is 5.08. The Kier molecular flexibility index (Phi) is 5.97. The summed E-state index contributed by atoms with van der Waals surface area (Å²) >= 11 is 6.95. The molecule has 0 aliphatic carbocycles. The van der Waals surface area contributed by atoms with Crippen molar-refractivity contribution in [2.45, 2.75) is 70.4 Å². The summed E-state index contributed by atoms with van der Waals surface area (Å²) in [5.74, 6) is -0.405. The van der Waals surface area contributed by atoms with E-state index in [1.54, 1.807) is 0 Å². The van der Waals surface area contributed by atoms with Crippen LogP contribution in [0.4, 0.5) is 0 Å². The van der Waals surface area contributed by atoms with Crippen LogP contribution in [0.1, 0.15) is 47.0 Å². The Morgan fingerprint density at radius 1 is 1.24 bits per heavy atom. The molecule has 0 saturated carbocycles. The quantitative estimate of drug-likeness (QED) is 0.525. The van der Waals surface area contributed by atoms with Crippen molar-refractivity contribution in [3.8, 4) is 0 Å². The normalized spacial score (nSPS) is 25.2. The van der Waals surface area contributed by atoms with Gasteiger partial charge in [0.25, 0.3) is 0 Å². The lowest BCUT2D eigenvalue weighted by atomic mass is 10.1. The minimum Gasteiger partial charge on any atom is -0.350 e.